The van der Waals surface area contributed by atoms with Crippen LogP contribution in [-0.2, 0) is 0 Å². The number of nitrogens with zero attached hydrogens (tertiary/aromatic N) is 1. The van der Waals surface area contributed by atoms with Gasteiger partial charge in [0, 0.05) is 29.1 Å². The molecule has 1 N–H and O–H groups in total. The fraction of sp³-hybridized carbons (Fsp3) is 0.625. The lowest BCUT2D eigenvalue weighted by molar-refractivity contribution is 0.253. The number of piperazine rings is 1. The lowest BCUT2D eigenvalue weighted by atomic mass is 9.88. The van der Waals surface area contributed by atoms with Crippen molar-refractivity contribution in [1.82, 2.24) is 5.32 Å². The Balaban J connectivity index is 2.34. The molecule has 1 heterocycles. The van der Waals surface area contributed by atoms with E-state index in [9.17, 15) is 0 Å². The molecule has 2 rings (SSSR count). The van der Waals surface area contributed by atoms with Crippen molar-refractivity contribution in [2.45, 2.75) is 52.1 Å². The molecular formula is C16H25BrN2. The number of anilines is 1. The van der Waals surface area contributed by atoms with Crippen molar-refractivity contribution < 1.29 is 0 Å². The molecular weight excluding hydrogens is 300 g/mol. The summed E-state index contributed by atoms with van der Waals surface area (Å²) in [6, 6.07) is 7.08. The Hall–Kier alpha value is -0.540. The Morgan fingerprint density at radius 3 is 2.68 bits per heavy atom. The summed E-state index contributed by atoms with van der Waals surface area (Å²) < 4.78 is 1.24. The molecule has 1 fully saturated rings. The van der Waals surface area contributed by atoms with Gasteiger partial charge < -0.3 is 10.2 Å². The first-order valence-corrected chi connectivity index (χ1v) is 8.09. The predicted octanol–water partition coefficient (Wildman–Crippen LogP) is 4.11. The third-order valence-corrected chi connectivity index (χ3v) is 5.64. The minimum absolute atomic E-state index is 0.260. The number of benzene rings is 1. The van der Waals surface area contributed by atoms with Gasteiger partial charge in [0.2, 0.25) is 0 Å². The van der Waals surface area contributed by atoms with E-state index in [1.807, 2.05) is 0 Å². The first kappa shape index (κ1) is 14.9. The van der Waals surface area contributed by atoms with Gasteiger partial charge in [-0.3, -0.25) is 0 Å². The second-order valence-corrected chi connectivity index (χ2v) is 6.55. The highest BCUT2D eigenvalue weighted by Crippen LogP contribution is 2.34. The van der Waals surface area contributed by atoms with Crippen LogP contribution in [0.1, 0.15) is 39.2 Å². The molecule has 0 bridgehead atoms. The Kier molecular flexibility index (Phi) is 4.57. The molecule has 0 amide bonds. The first-order valence-electron chi connectivity index (χ1n) is 7.30. The maximum atomic E-state index is 3.76. The summed E-state index contributed by atoms with van der Waals surface area (Å²) in [6.45, 7) is 11.2. The molecule has 2 nitrogen and oxygen atoms in total. The highest BCUT2D eigenvalue weighted by Gasteiger charge is 2.35. The van der Waals surface area contributed by atoms with Gasteiger partial charge in [-0.25, -0.2) is 0 Å². The van der Waals surface area contributed by atoms with E-state index < -0.39 is 0 Å². The zero-order valence-electron chi connectivity index (χ0n) is 12.5. The highest BCUT2D eigenvalue weighted by molar-refractivity contribution is 9.10. The summed E-state index contributed by atoms with van der Waals surface area (Å²) in [5.41, 5.74) is 2.90. The smallest absolute Gasteiger partial charge is 0.0516 e. The van der Waals surface area contributed by atoms with Gasteiger partial charge in [0.1, 0.15) is 0 Å². The largest absolute Gasteiger partial charge is 0.365 e. The minimum atomic E-state index is 0.260. The molecule has 1 aromatic carbocycles. The van der Waals surface area contributed by atoms with Crippen LogP contribution in [0.4, 0.5) is 5.69 Å². The third-order valence-electron chi connectivity index (χ3n) is 4.61. The molecule has 0 aromatic heterocycles. The third kappa shape index (κ3) is 2.82. The lowest BCUT2D eigenvalue weighted by Gasteiger charge is -2.48. The summed E-state index contributed by atoms with van der Waals surface area (Å²) in [5, 5.41) is 3.76. The maximum Gasteiger partial charge on any atom is 0.0516 e. The summed E-state index contributed by atoms with van der Waals surface area (Å²) in [6.07, 6.45) is 2.35. The van der Waals surface area contributed by atoms with Crippen molar-refractivity contribution >= 4 is 21.6 Å². The van der Waals surface area contributed by atoms with Gasteiger partial charge in [-0.15, -0.1) is 0 Å². The fourth-order valence-corrected chi connectivity index (χ4v) is 3.40. The van der Waals surface area contributed by atoms with Gasteiger partial charge in [-0.2, -0.15) is 0 Å². The molecule has 1 aromatic rings. The number of hydrogen-bond acceptors (Lipinski definition) is 2. The predicted molar refractivity (Wildman–Crippen MR) is 87.0 cm³/mol. The van der Waals surface area contributed by atoms with Crippen molar-refractivity contribution in [2.75, 3.05) is 18.0 Å². The molecule has 1 aliphatic rings. The standard InChI is InChI=1S/C16H25BrN2/c1-5-16(6-2)11-19(13(4)10-18-16)14-9-7-8-12(3)15(14)17/h7-9,13,18H,5-6,10-11H2,1-4H3. The van der Waals surface area contributed by atoms with E-state index >= 15 is 0 Å². The summed E-state index contributed by atoms with van der Waals surface area (Å²) in [4.78, 5) is 2.56. The van der Waals surface area contributed by atoms with Crippen molar-refractivity contribution in [3.05, 3.63) is 28.2 Å². The van der Waals surface area contributed by atoms with E-state index in [2.05, 4.69) is 72.0 Å². The van der Waals surface area contributed by atoms with Crippen molar-refractivity contribution in [1.29, 1.82) is 0 Å². The second kappa shape index (κ2) is 5.84. The molecule has 1 unspecified atom stereocenters. The number of nitrogens with one attached hydrogen (secondary N) is 1. The monoisotopic (exact) mass is 324 g/mol. The Bertz CT molecular complexity index is 440. The van der Waals surface area contributed by atoms with Gasteiger partial charge in [0.15, 0.2) is 0 Å². The number of rotatable bonds is 3. The van der Waals surface area contributed by atoms with E-state index in [1.54, 1.807) is 0 Å². The quantitative estimate of drug-likeness (QED) is 0.899. The number of hydrogen-bond donors (Lipinski definition) is 1. The van der Waals surface area contributed by atoms with Crippen LogP contribution in [0.2, 0.25) is 0 Å². The van der Waals surface area contributed by atoms with Gasteiger partial charge in [-0.1, -0.05) is 26.0 Å². The van der Waals surface area contributed by atoms with Crippen LogP contribution in [0.3, 0.4) is 0 Å². The molecule has 0 aliphatic carbocycles. The molecule has 1 atom stereocenters. The molecule has 1 aliphatic heterocycles. The van der Waals surface area contributed by atoms with E-state index in [1.165, 1.54) is 28.6 Å². The topological polar surface area (TPSA) is 15.3 Å². The zero-order valence-corrected chi connectivity index (χ0v) is 14.0. The fourth-order valence-electron chi connectivity index (χ4n) is 2.91. The van der Waals surface area contributed by atoms with Gasteiger partial charge in [0.25, 0.3) is 0 Å². The van der Waals surface area contributed by atoms with Crippen LogP contribution in [0, 0.1) is 6.92 Å². The van der Waals surface area contributed by atoms with Crippen LogP contribution < -0.4 is 10.2 Å². The highest BCUT2D eigenvalue weighted by atomic mass is 79.9. The van der Waals surface area contributed by atoms with E-state index in [0.717, 1.165) is 13.1 Å². The van der Waals surface area contributed by atoms with Crippen molar-refractivity contribution in [3.8, 4) is 0 Å². The summed E-state index contributed by atoms with van der Waals surface area (Å²) >= 11 is 3.76. The van der Waals surface area contributed by atoms with Crippen molar-refractivity contribution in [3.63, 3.8) is 0 Å². The minimum Gasteiger partial charge on any atom is -0.365 e. The average molecular weight is 325 g/mol. The molecule has 1 saturated heterocycles. The average Bonchev–Trinajstić information content (AvgIpc) is 2.43. The molecule has 106 valence electrons. The normalized spacial score (nSPS) is 22.6. The molecule has 19 heavy (non-hydrogen) atoms. The second-order valence-electron chi connectivity index (χ2n) is 5.75. The zero-order chi connectivity index (χ0) is 14.0. The number of halogens is 1. The van der Waals surface area contributed by atoms with Crippen molar-refractivity contribution in [2.24, 2.45) is 0 Å². The van der Waals surface area contributed by atoms with E-state index in [0.29, 0.717) is 6.04 Å². The Morgan fingerprint density at radius 2 is 2.05 bits per heavy atom. The van der Waals surface area contributed by atoms with E-state index in [-0.39, 0.29) is 5.54 Å². The van der Waals surface area contributed by atoms with Crippen LogP contribution in [0.15, 0.2) is 22.7 Å². The molecule has 0 spiro atoms. The van der Waals surface area contributed by atoms with Crippen LogP contribution in [0.25, 0.3) is 0 Å². The SMILES string of the molecule is CCC1(CC)CN(c2cccc(C)c2Br)C(C)CN1. The van der Waals surface area contributed by atoms with Gasteiger partial charge in [-0.05, 0) is 54.2 Å². The summed E-state index contributed by atoms with van der Waals surface area (Å²) in [7, 11) is 0. The van der Waals surface area contributed by atoms with Gasteiger partial charge in [0.05, 0.1) is 5.69 Å². The lowest BCUT2D eigenvalue weighted by Crippen LogP contribution is -2.63. The molecule has 0 radical (unpaired) electrons. The maximum absolute atomic E-state index is 3.76. The van der Waals surface area contributed by atoms with E-state index in [4.69, 9.17) is 0 Å². The number of aryl methyl sites for hydroxylation is 1. The molecule has 0 saturated carbocycles. The van der Waals surface area contributed by atoms with Crippen LogP contribution in [-0.4, -0.2) is 24.7 Å². The van der Waals surface area contributed by atoms with Crippen LogP contribution >= 0.6 is 15.9 Å². The molecule has 3 heteroatoms. The first-order chi connectivity index (χ1) is 9.03. The van der Waals surface area contributed by atoms with Crippen LogP contribution in [0.5, 0.6) is 0 Å². The van der Waals surface area contributed by atoms with Gasteiger partial charge >= 0.3 is 0 Å². The Labute approximate surface area is 125 Å². The Morgan fingerprint density at radius 1 is 1.37 bits per heavy atom. The summed E-state index contributed by atoms with van der Waals surface area (Å²) in [5.74, 6) is 0.